The number of hydrogen-bond acceptors (Lipinski definition) is 7. The number of nitrogens with zero attached hydrogens (tertiary/aromatic N) is 5. The SMILES string of the molecule is COc1cccc(-c2nn3c(=O)cc(CN4CCN(C(=O)Nc5ccccc5Cl)CC4)nc3s2)c1. The number of fused-ring (bicyclic) bond motifs is 1. The number of rotatable bonds is 5. The highest BCUT2D eigenvalue weighted by molar-refractivity contribution is 7.19. The number of urea groups is 1. The molecule has 35 heavy (non-hydrogen) atoms. The highest BCUT2D eigenvalue weighted by Gasteiger charge is 2.22. The van der Waals surface area contributed by atoms with Gasteiger partial charge >= 0.3 is 6.03 Å². The van der Waals surface area contributed by atoms with E-state index in [1.807, 2.05) is 36.4 Å². The summed E-state index contributed by atoms with van der Waals surface area (Å²) in [5.41, 5.74) is 1.93. The van der Waals surface area contributed by atoms with Crippen LogP contribution in [0.25, 0.3) is 15.5 Å². The van der Waals surface area contributed by atoms with Crippen LogP contribution in [0.3, 0.4) is 0 Å². The predicted octanol–water partition coefficient (Wildman–Crippen LogP) is 3.83. The Balaban J connectivity index is 1.24. The standard InChI is InChI=1S/C24H23ClN6O3S/c1-34-18-6-4-5-16(13-18)22-28-31-21(32)14-17(26-24(31)35-22)15-29-9-11-30(12-10-29)23(33)27-20-8-3-2-7-19(20)25/h2-8,13-14H,9-12,15H2,1H3,(H,27,33). The molecule has 0 aliphatic carbocycles. The van der Waals surface area contributed by atoms with Gasteiger partial charge in [-0.25, -0.2) is 9.78 Å². The molecule has 0 bridgehead atoms. The maximum absolute atomic E-state index is 12.7. The maximum atomic E-state index is 12.7. The molecule has 2 amide bonds. The highest BCUT2D eigenvalue weighted by atomic mass is 35.5. The number of carbonyl (C=O) groups excluding carboxylic acids is 1. The molecule has 1 aliphatic heterocycles. The Bertz CT molecular complexity index is 1430. The molecule has 1 aliphatic rings. The second kappa shape index (κ2) is 10.0. The summed E-state index contributed by atoms with van der Waals surface area (Å²) in [7, 11) is 1.61. The third kappa shape index (κ3) is 5.14. The molecule has 3 heterocycles. The molecule has 0 saturated carbocycles. The van der Waals surface area contributed by atoms with Crippen molar-refractivity contribution in [3.05, 3.63) is 75.7 Å². The van der Waals surface area contributed by atoms with E-state index in [0.717, 1.165) is 11.3 Å². The predicted molar refractivity (Wildman–Crippen MR) is 136 cm³/mol. The Kier molecular flexibility index (Phi) is 6.67. The van der Waals surface area contributed by atoms with Crippen LogP contribution in [0.1, 0.15) is 5.69 Å². The number of amides is 2. The van der Waals surface area contributed by atoms with Crippen LogP contribution in [0.5, 0.6) is 5.75 Å². The van der Waals surface area contributed by atoms with Gasteiger partial charge in [-0.05, 0) is 24.3 Å². The lowest BCUT2D eigenvalue weighted by molar-refractivity contribution is 0.142. The Labute approximate surface area is 210 Å². The third-order valence-corrected chi connectivity index (χ3v) is 7.06. The van der Waals surface area contributed by atoms with Gasteiger partial charge in [0.2, 0.25) is 4.96 Å². The smallest absolute Gasteiger partial charge is 0.321 e. The molecule has 2 aromatic carbocycles. The summed E-state index contributed by atoms with van der Waals surface area (Å²) in [5.74, 6) is 0.724. The van der Waals surface area contributed by atoms with Crippen molar-refractivity contribution in [3.8, 4) is 16.3 Å². The van der Waals surface area contributed by atoms with Gasteiger partial charge in [0.05, 0.1) is 23.5 Å². The third-order valence-electron chi connectivity index (χ3n) is 5.78. The van der Waals surface area contributed by atoms with Crippen molar-refractivity contribution in [2.45, 2.75) is 6.54 Å². The van der Waals surface area contributed by atoms with Crippen LogP contribution >= 0.6 is 22.9 Å². The van der Waals surface area contributed by atoms with Crippen LogP contribution in [-0.4, -0.2) is 63.7 Å². The molecule has 1 saturated heterocycles. The summed E-state index contributed by atoms with van der Waals surface area (Å²) in [6.07, 6.45) is 0. The summed E-state index contributed by atoms with van der Waals surface area (Å²) < 4.78 is 6.62. The van der Waals surface area contributed by atoms with Gasteiger partial charge < -0.3 is 15.0 Å². The van der Waals surface area contributed by atoms with Gasteiger partial charge in [-0.2, -0.15) is 9.61 Å². The number of para-hydroxylation sites is 1. The van der Waals surface area contributed by atoms with E-state index in [0.29, 0.717) is 59.1 Å². The van der Waals surface area contributed by atoms with Crippen LogP contribution in [0.4, 0.5) is 10.5 Å². The van der Waals surface area contributed by atoms with Gasteiger partial charge in [0.15, 0.2) is 0 Å². The molecule has 2 aromatic heterocycles. The zero-order chi connectivity index (χ0) is 24.4. The number of carbonyl (C=O) groups is 1. The molecule has 0 unspecified atom stereocenters. The van der Waals surface area contributed by atoms with E-state index in [2.05, 4.69) is 20.3 Å². The fourth-order valence-electron chi connectivity index (χ4n) is 3.91. The second-order valence-corrected chi connectivity index (χ2v) is 9.46. The monoisotopic (exact) mass is 510 g/mol. The normalized spacial score (nSPS) is 14.3. The number of ether oxygens (including phenoxy) is 1. The first kappa shape index (κ1) is 23.3. The number of anilines is 1. The molecule has 180 valence electrons. The van der Waals surface area contributed by atoms with E-state index < -0.39 is 0 Å². The van der Waals surface area contributed by atoms with Crippen molar-refractivity contribution in [1.82, 2.24) is 24.4 Å². The molecule has 1 fully saturated rings. The first-order chi connectivity index (χ1) is 17.0. The van der Waals surface area contributed by atoms with E-state index in [9.17, 15) is 9.59 Å². The Morgan fingerprint density at radius 3 is 2.69 bits per heavy atom. The summed E-state index contributed by atoms with van der Waals surface area (Å²) in [6.45, 7) is 3.01. The topological polar surface area (TPSA) is 92.1 Å². The number of nitrogens with one attached hydrogen (secondary N) is 1. The van der Waals surface area contributed by atoms with Gasteiger partial charge in [0.1, 0.15) is 10.8 Å². The zero-order valence-corrected chi connectivity index (χ0v) is 20.6. The lowest BCUT2D eigenvalue weighted by Crippen LogP contribution is -2.49. The van der Waals surface area contributed by atoms with Crippen molar-refractivity contribution < 1.29 is 9.53 Å². The zero-order valence-electron chi connectivity index (χ0n) is 19.0. The summed E-state index contributed by atoms with van der Waals surface area (Å²) in [6, 6.07) is 16.1. The average Bonchev–Trinajstić information content (AvgIpc) is 3.31. The first-order valence-electron chi connectivity index (χ1n) is 11.1. The molecule has 4 aromatic rings. The Morgan fingerprint density at radius 1 is 1.11 bits per heavy atom. The Hall–Kier alpha value is -3.47. The van der Waals surface area contributed by atoms with Gasteiger partial charge in [-0.3, -0.25) is 9.69 Å². The molecule has 0 atom stereocenters. The molecule has 9 nitrogen and oxygen atoms in total. The minimum Gasteiger partial charge on any atom is -0.497 e. The van der Waals surface area contributed by atoms with Crippen LogP contribution in [-0.2, 0) is 6.54 Å². The van der Waals surface area contributed by atoms with E-state index in [1.165, 1.54) is 21.9 Å². The molecule has 0 spiro atoms. The highest BCUT2D eigenvalue weighted by Crippen LogP contribution is 2.27. The van der Waals surface area contributed by atoms with Crippen LogP contribution in [0.15, 0.2) is 59.4 Å². The van der Waals surface area contributed by atoms with Gasteiger partial charge in [-0.15, -0.1) is 0 Å². The van der Waals surface area contributed by atoms with Gasteiger partial charge in [0.25, 0.3) is 5.56 Å². The minimum atomic E-state index is -0.215. The lowest BCUT2D eigenvalue weighted by atomic mass is 10.2. The van der Waals surface area contributed by atoms with Gasteiger partial charge in [0, 0.05) is 44.4 Å². The van der Waals surface area contributed by atoms with E-state index >= 15 is 0 Å². The largest absolute Gasteiger partial charge is 0.497 e. The van der Waals surface area contributed by atoms with Crippen molar-refractivity contribution in [1.29, 1.82) is 0 Å². The molecule has 5 rings (SSSR count). The molecular formula is C24H23ClN6O3S. The van der Waals surface area contributed by atoms with Gasteiger partial charge in [-0.1, -0.05) is 47.2 Å². The number of piperazine rings is 1. The Morgan fingerprint density at radius 2 is 1.91 bits per heavy atom. The average molecular weight is 511 g/mol. The number of benzene rings is 2. The molecular weight excluding hydrogens is 488 g/mol. The molecule has 11 heteroatoms. The number of aromatic nitrogens is 3. The van der Waals surface area contributed by atoms with Crippen LogP contribution in [0.2, 0.25) is 5.02 Å². The second-order valence-electron chi connectivity index (χ2n) is 8.09. The van der Waals surface area contributed by atoms with E-state index in [-0.39, 0.29) is 11.6 Å². The number of halogens is 1. The van der Waals surface area contributed by atoms with Crippen molar-refractivity contribution in [3.63, 3.8) is 0 Å². The maximum Gasteiger partial charge on any atom is 0.321 e. The van der Waals surface area contributed by atoms with E-state index in [4.69, 9.17) is 16.3 Å². The summed E-state index contributed by atoms with van der Waals surface area (Å²) in [4.78, 5) is 34.5. The van der Waals surface area contributed by atoms with Crippen LogP contribution in [0, 0.1) is 0 Å². The fraction of sp³-hybridized carbons (Fsp3) is 0.250. The lowest BCUT2D eigenvalue weighted by Gasteiger charge is -2.34. The fourth-order valence-corrected chi connectivity index (χ4v) is 5.01. The van der Waals surface area contributed by atoms with E-state index in [1.54, 1.807) is 24.1 Å². The van der Waals surface area contributed by atoms with Crippen molar-refractivity contribution >= 4 is 39.6 Å². The quantitative estimate of drug-likeness (QED) is 0.438. The first-order valence-corrected chi connectivity index (χ1v) is 12.3. The van der Waals surface area contributed by atoms with Crippen LogP contribution < -0.4 is 15.6 Å². The number of methoxy groups -OCH3 is 1. The summed E-state index contributed by atoms with van der Waals surface area (Å²) in [5, 5.41) is 8.51. The molecule has 0 radical (unpaired) electrons. The minimum absolute atomic E-state index is 0.176. The van der Waals surface area contributed by atoms with Crippen molar-refractivity contribution in [2.24, 2.45) is 0 Å². The number of hydrogen-bond donors (Lipinski definition) is 1. The molecule has 1 N–H and O–H groups in total. The van der Waals surface area contributed by atoms with Crippen molar-refractivity contribution in [2.75, 3.05) is 38.6 Å². The summed E-state index contributed by atoms with van der Waals surface area (Å²) >= 11 is 7.50.